The molecule has 0 saturated carbocycles. The average Bonchev–Trinajstić information content (AvgIpc) is 2.24. The second-order valence-electron chi connectivity index (χ2n) is 2.85. The van der Waals surface area contributed by atoms with Gasteiger partial charge in [0.25, 0.3) is 5.56 Å². The second kappa shape index (κ2) is 6.29. The first-order valence-electron chi connectivity index (χ1n) is 4.23. The Hall–Kier alpha value is -0.340. The lowest BCUT2D eigenvalue weighted by molar-refractivity contribution is 0.191. The Morgan fingerprint density at radius 3 is 3.13 bits per heavy atom. The molecular weight excluding hydrogens is 332 g/mol. The summed E-state index contributed by atoms with van der Waals surface area (Å²) in [4.78, 5) is 17.8. The molecule has 0 aliphatic heterocycles. The van der Waals surface area contributed by atoms with Crippen molar-refractivity contribution in [1.82, 2.24) is 9.97 Å². The van der Waals surface area contributed by atoms with Crippen molar-refractivity contribution in [3.8, 4) is 0 Å². The number of H-pyrrole nitrogens is 1. The molecule has 1 heterocycles. The number of nitrogens with one attached hydrogen (secondary N) is 2. The number of aromatic amines is 1. The predicted octanol–water partition coefficient (Wildman–Crippen LogP) is 1.04. The number of nitrogens with zero attached hydrogens (tertiary/aromatic N) is 1. The molecule has 84 valence electrons. The van der Waals surface area contributed by atoms with Gasteiger partial charge < -0.3 is 15.0 Å². The van der Waals surface area contributed by atoms with Crippen LogP contribution in [0.4, 0.5) is 5.82 Å². The summed E-state index contributed by atoms with van der Waals surface area (Å²) in [6.45, 7) is 0.466. The van der Waals surface area contributed by atoms with Crippen LogP contribution in [0.1, 0.15) is 0 Å². The van der Waals surface area contributed by atoms with Crippen LogP contribution < -0.4 is 10.9 Å². The van der Waals surface area contributed by atoms with E-state index in [9.17, 15) is 4.79 Å². The van der Waals surface area contributed by atoms with Crippen molar-refractivity contribution >= 4 is 40.0 Å². The summed E-state index contributed by atoms with van der Waals surface area (Å²) >= 11 is 7.66. The van der Waals surface area contributed by atoms with Crippen LogP contribution in [0.15, 0.2) is 11.1 Å². The Morgan fingerprint density at radius 1 is 1.80 bits per heavy atom. The number of ether oxygens (including phenoxy) is 1. The summed E-state index contributed by atoms with van der Waals surface area (Å²) in [5.41, 5.74) is -0.168. The van der Waals surface area contributed by atoms with Gasteiger partial charge in [0.15, 0.2) is 0 Å². The van der Waals surface area contributed by atoms with E-state index in [2.05, 4.69) is 15.3 Å². The number of halogens is 2. The standard InChI is InChI=1S/C8H11ClIN3O2/c1-15-3-5(2-9)13-7-6(10)8(14)12-4-11-7/h4-5H,2-3H2,1H3,(H2,11,12,13,14). The van der Waals surface area contributed by atoms with Crippen LogP contribution in [-0.2, 0) is 4.74 Å². The van der Waals surface area contributed by atoms with Gasteiger partial charge in [-0.05, 0) is 22.6 Å². The summed E-state index contributed by atoms with van der Waals surface area (Å²) in [6, 6.07) is -0.0560. The molecule has 1 aromatic heterocycles. The number of hydrogen-bond acceptors (Lipinski definition) is 4. The van der Waals surface area contributed by atoms with Crippen molar-refractivity contribution in [3.05, 3.63) is 20.3 Å². The molecule has 0 bridgehead atoms. The zero-order chi connectivity index (χ0) is 11.3. The molecule has 0 aliphatic rings. The van der Waals surface area contributed by atoms with Crippen molar-refractivity contribution in [3.63, 3.8) is 0 Å². The number of rotatable bonds is 5. The normalized spacial score (nSPS) is 12.5. The van der Waals surface area contributed by atoms with E-state index in [0.29, 0.717) is 21.9 Å². The van der Waals surface area contributed by atoms with Gasteiger partial charge in [-0.2, -0.15) is 0 Å². The third kappa shape index (κ3) is 3.62. The number of aromatic nitrogens is 2. The van der Waals surface area contributed by atoms with E-state index < -0.39 is 0 Å². The van der Waals surface area contributed by atoms with Crippen molar-refractivity contribution in [1.29, 1.82) is 0 Å². The molecule has 15 heavy (non-hydrogen) atoms. The first kappa shape index (κ1) is 12.7. The van der Waals surface area contributed by atoms with Gasteiger partial charge in [-0.1, -0.05) is 0 Å². The Labute approximate surface area is 106 Å². The maximum absolute atomic E-state index is 11.3. The largest absolute Gasteiger partial charge is 0.383 e. The van der Waals surface area contributed by atoms with Crippen LogP contribution in [0.2, 0.25) is 0 Å². The van der Waals surface area contributed by atoms with Crippen LogP contribution in [0, 0.1) is 3.57 Å². The lowest BCUT2D eigenvalue weighted by Crippen LogP contribution is -2.29. The van der Waals surface area contributed by atoms with Crippen LogP contribution in [-0.4, -0.2) is 35.6 Å². The first-order chi connectivity index (χ1) is 7.19. The topological polar surface area (TPSA) is 67.0 Å². The molecule has 0 fully saturated rings. The maximum Gasteiger partial charge on any atom is 0.266 e. The van der Waals surface area contributed by atoms with Crippen LogP contribution in [0.5, 0.6) is 0 Å². The molecule has 0 aliphatic carbocycles. The Morgan fingerprint density at radius 2 is 2.53 bits per heavy atom. The molecule has 0 spiro atoms. The van der Waals surface area contributed by atoms with Gasteiger partial charge >= 0.3 is 0 Å². The lowest BCUT2D eigenvalue weighted by atomic mass is 10.3. The highest BCUT2D eigenvalue weighted by molar-refractivity contribution is 14.1. The summed E-state index contributed by atoms with van der Waals surface area (Å²) in [5, 5.41) is 3.04. The quantitative estimate of drug-likeness (QED) is 0.619. The summed E-state index contributed by atoms with van der Waals surface area (Å²) in [5.74, 6) is 0.917. The molecule has 1 atom stereocenters. The summed E-state index contributed by atoms with van der Waals surface area (Å²) in [7, 11) is 1.59. The zero-order valence-electron chi connectivity index (χ0n) is 8.09. The minimum Gasteiger partial charge on any atom is -0.383 e. The monoisotopic (exact) mass is 343 g/mol. The lowest BCUT2D eigenvalue weighted by Gasteiger charge is -2.15. The van der Waals surface area contributed by atoms with Crippen molar-refractivity contribution in [2.24, 2.45) is 0 Å². The number of anilines is 1. The van der Waals surface area contributed by atoms with E-state index >= 15 is 0 Å². The summed E-state index contributed by atoms with van der Waals surface area (Å²) in [6.07, 6.45) is 1.35. The van der Waals surface area contributed by atoms with Gasteiger partial charge in [0.2, 0.25) is 0 Å². The number of hydrogen-bond donors (Lipinski definition) is 2. The zero-order valence-corrected chi connectivity index (χ0v) is 11.0. The van der Waals surface area contributed by atoms with E-state index in [-0.39, 0.29) is 11.6 Å². The fourth-order valence-corrected chi connectivity index (χ4v) is 1.62. The van der Waals surface area contributed by atoms with Crippen LogP contribution in [0.25, 0.3) is 0 Å². The fourth-order valence-electron chi connectivity index (χ4n) is 1.00. The molecule has 1 rings (SSSR count). The molecule has 0 radical (unpaired) electrons. The third-order valence-corrected chi connectivity index (χ3v) is 3.06. The SMILES string of the molecule is COCC(CCl)Nc1nc[nH]c(=O)c1I. The van der Waals surface area contributed by atoms with Crippen LogP contribution in [0.3, 0.4) is 0 Å². The van der Waals surface area contributed by atoms with E-state index in [4.69, 9.17) is 16.3 Å². The van der Waals surface area contributed by atoms with Gasteiger partial charge in [-0.15, -0.1) is 11.6 Å². The average molecular weight is 344 g/mol. The van der Waals surface area contributed by atoms with Crippen molar-refractivity contribution in [2.75, 3.05) is 24.9 Å². The van der Waals surface area contributed by atoms with Gasteiger partial charge in [0, 0.05) is 13.0 Å². The Bertz CT molecular complexity index is 371. The predicted molar refractivity (Wildman–Crippen MR) is 67.6 cm³/mol. The van der Waals surface area contributed by atoms with Gasteiger partial charge in [0.1, 0.15) is 9.39 Å². The number of alkyl halides is 1. The van der Waals surface area contributed by atoms with Crippen LogP contribution >= 0.6 is 34.2 Å². The highest BCUT2D eigenvalue weighted by Crippen LogP contribution is 2.10. The minimum absolute atomic E-state index is 0.0560. The van der Waals surface area contributed by atoms with E-state index in [0.717, 1.165) is 0 Å². The Kier molecular flexibility index (Phi) is 5.34. The summed E-state index contributed by atoms with van der Waals surface area (Å²) < 4.78 is 5.49. The first-order valence-corrected chi connectivity index (χ1v) is 5.85. The molecule has 0 aromatic carbocycles. The smallest absolute Gasteiger partial charge is 0.266 e. The van der Waals surface area contributed by atoms with Gasteiger partial charge in [0.05, 0.1) is 19.0 Å². The van der Waals surface area contributed by atoms with E-state index in [1.54, 1.807) is 7.11 Å². The Balaban J connectivity index is 2.79. The van der Waals surface area contributed by atoms with E-state index in [1.807, 2.05) is 22.6 Å². The van der Waals surface area contributed by atoms with Gasteiger partial charge in [-0.25, -0.2) is 4.98 Å². The molecule has 1 aromatic rings. The molecule has 1 unspecified atom stereocenters. The molecule has 0 saturated heterocycles. The van der Waals surface area contributed by atoms with Crippen molar-refractivity contribution < 1.29 is 4.74 Å². The molecule has 5 nitrogen and oxygen atoms in total. The molecular formula is C8H11ClIN3O2. The highest BCUT2D eigenvalue weighted by atomic mass is 127. The minimum atomic E-state index is -0.168. The van der Waals surface area contributed by atoms with E-state index in [1.165, 1.54) is 6.33 Å². The highest BCUT2D eigenvalue weighted by Gasteiger charge is 2.11. The second-order valence-corrected chi connectivity index (χ2v) is 4.23. The molecule has 7 heteroatoms. The van der Waals surface area contributed by atoms with Gasteiger partial charge in [-0.3, -0.25) is 4.79 Å². The maximum atomic E-state index is 11.3. The number of methoxy groups -OCH3 is 1. The molecule has 2 N–H and O–H groups in total. The van der Waals surface area contributed by atoms with Crippen molar-refractivity contribution in [2.45, 2.75) is 6.04 Å². The fraction of sp³-hybridized carbons (Fsp3) is 0.500. The molecule has 0 amide bonds. The third-order valence-electron chi connectivity index (χ3n) is 1.69.